The van der Waals surface area contributed by atoms with Gasteiger partial charge in [-0.15, -0.1) is 11.8 Å². The number of thioether (sulfide) groups is 1. The van der Waals surface area contributed by atoms with Crippen molar-refractivity contribution in [2.75, 3.05) is 19.1 Å². The average Bonchev–Trinajstić information content (AvgIpc) is 3.09. The van der Waals surface area contributed by atoms with E-state index in [1.165, 1.54) is 18.4 Å². The number of sulfone groups is 1. The van der Waals surface area contributed by atoms with E-state index in [-0.39, 0.29) is 30.0 Å². The van der Waals surface area contributed by atoms with Crippen LogP contribution in [0.3, 0.4) is 0 Å². The summed E-state index contributed by atoms with van der Waals surface area (Å²) in [5, 5.41) is 0. The molecule has 32 heavy (non-hydrogen) atoms. The lowest BCUT2D eigenvalue weighted by atomic mass is 10.2. The quantitative estimate of drug-likeness (QED) is 0.352. The summed E-state index contributed by atoms with van der Waals surface area (Å²) in [5.41, 5.74) is 1.76. The van der Waals surface area contributed by atoms with Gasteiger partial charge in [0.15, 0.2) is 14.6 Å². The molecule has 0 N–H and O–H groups in total. The number of amides is 1. The molecule has 0 aliphatic carbocycles. The highest BCUT2D eigenvalue weighted by atomic mass is 32.2. The molecule has 170 valence electrons. The van der Waals surface area contributed by atoms with Crippen LogP contribution in [-0.4, -0.2) is 44.0 Å². The Morgan fingerprint density at radius 3 is 2.53 bits per heavy atom. The van der Waals surface area contributed by atoms with Crippen molar-refractivity contribution in [2.24, 2.45) is 4.99 Å². The summed E-state index contributed by atoms with van der Waals surface area (Å²) in [6, 6.07) is 12.5. The monoisotopic (exact) mass is 492 g/mol. The van der Waals surface area contributed by atoms with Crippen LogP contribution in [0.1, 0.15) is 18.4 Å². The highest BCUT2D eigenvalue weighted by Gasteiger charge is 2.16. The number of esters is 1. The van der Waals surface area contributed by atoms with Crippen molar-refractivity contribution in [1.29, 1.82) is 0 Å². The zero-order chi connectivity index (χ0) is 23.3. The van der Waals surface area contributed by atoms with Gasteiger partial charge < -0.3 is 9.30 Å². The molecule has 7 nitrogen and oxygen atoms in total. The Hall–Kier alpha value is -2.43. The van der Waals surface area contributed by atoms with E-state index in [1.807, 2.05) is 31.4 Å². The maximum Gasteiger partial charge on any atom is 0.325 e. The fraction of sp³-hybridized carbons (Fsp3) is 0.318. The van der Waals surface area contributed by atoms with E-state index in [1.54, 1.807) is 40.6 Å². The minimum absolute atomic E-state index is 0.00633. The summed E-state index contributed by atoms with van der Waals surface area (Å²) >= 11 is 2.90. The van der Waals surface area contributed by atoms with Gasteiger partial charge in [-0.25, -0.2) is 8.42 Å². The molecule has 0 fully saturated rings. The van der Waals surface area contributed by atoms with E-state index < -0.39 is 21.7 Å². The van der Waals surface area contributed by atoms with Crippen LogP contribution in [0.5, 0.6) is 0 Å². The number of aromatic nitrogens is 1. The van der Waals surface area contributed by atoms with Gasteiger partial charge in [0.25, 0.3) is 0 Å². The van der Waals surface area contributed by atoms with Crippen molar-refractivity contribution in [3.8, 4) is 0 Å². The topological polar surface area (TPSA) is 94.8 Å². The van der Waals surface area contributed by atoms with Crippen LogP contribution >= 0.6 is 23.1 Å². The number of hydrogen-bond donors (Lipinski definition) is 0. The maximum absolute atomic E-state index is 12.5. The molecule has 0 aliphatic heterocycles. The van der Waals surface area contributed by atoms with Crippen molar-refractivity contribution >= 4 is 55.0 Å². The third-order valence-corrected chi connectivity index (χ3v) is 8.39. The number of methoxy groups -OCH3 is 1. The van der Waals surface area contributed by atoms with Crippen molar-refractivity contribution in [3.63, 3.8) is 0 Å². The highest BCUT2D eigenvalue weighted by Crippen LogP contribution is 2.24. The average molecular weight is 493 g/mol. The number of carbonyl (C=O) groups excluding carboxylic acids is 2. The summed E-state index contributed by atoms with van der Waals surface area (Å²) in [6.45, 7) is 1.82. The molecule has 0 aliphatic rings. The van der Waals surface area contributed by atoms with Crippen molar-refractivity contribution in [3.05, 3.63) is 52.8 Å². The number of hydrogen-bond acceptors (Lipinski definition) is 7. The number of nitrogens with zero attached hydrogens (tertiary/aromatic N) is 2. The fourth-order valence-electron chi connectivity index (χ4n) is 3.05. The third kappa shape index (κ3) is 5.87. The first-order chi connectivity index (χ1) is 15.2. The molecule has 0 atom stereocenters. The molecule has 0 bridgehead atoms. The first kappa shape index (κ1) is 24.2. The summed E-state index contributed by atoms with van der Waals surface area (Å²) in [4.78, 5) is 30.3. The number of carbonyl (C=O) groups is 2. The largest absolute Gasteiger partial charge is 0.468 e. The molecule has 0 unspecified atom stereocenters. The molecule has 10 heteroatoms. The Morgan fingerprint density at radius 2 is 1.88 bits per heavy atom. The van der Waals surface area contributed by atoms with Crippen LogP contribution in [0, 0.1) is 6.92 Å². The molecular formula is C22H24N2O5S3. The van der Waals surface area contributed by atoms with Gasteiger partial charge >= 0.3 is 5.97 Å². The first-order valence-corrected chi connectivity index (χ1v) is 13.5. The standard InChI is InChI=1S/C22H24N2O5S3/c1-15-6-9-17(10-7-15)32(27,28)12-4-5-20(25)23-22-24(14-21(26)29-2)18-11-8-16(30-3)13-19(18)31-22/h6-11,13H,4-5,12,14H2,1-3H3. The van der Waals surface area contributed by atoms with Gasteiger partial charge in [-0.1, -0.05) is 29.0 Å². The van der Waals surface area contributed by atoms with Crippen molar-refractivity contribution in [2.45, 2.75) is 36.1 Å². The molecule has 0 saturated carbocycles. The molecule has 0 spiro atoms. The Bertz CT molecular complexity index is 1310. The second-order valence-electron chi connectivity index (χ2n) is 7.12. The Labute approximate surface area is 195 Å². The first-order valence-electron chi connectivity index (χ1n) is 9.84. The number of rotatable bonds is 8. The zero-order valence-corrected chi connectivity index (χ0v) is 20.5. The summed E-state index contributed by atoms with van der Waals surface area (Å²) in [5.74, 6) is -1.01. The predicted octanol–water partition coefficient (Wildman–Crippen LogP) is 3.59. The minimum atomic E-state index is -3.46. The van der Waals surface area contributed by atoms with Gasteiger partial charge in [0.2, 0.25) is 5.91 Å². The Kier molecular flexibility index (Phi) is 7.91. The fourth-order valence-corrected chi connectivity index (χ4v) is 5.96. The maximum atomic E-state index is 12.5. The molecule has 3 aromatic rings. The van der Waals surface area contributed by atoms with Gasteiger partial charge in [-0.2, -0.15) is 4.99 Å². The van der Waals surface area contributed by atoms with Crippen LogP contribution in [0.15, 0.2) is 57.2 Å². The van der Waals surface area contributed by atoms with E-state index >= 15 is 0 Å². The van der Waals surface area contributed by atoms with E-state index in [4.69, 9.17) is 4.74 Å². The van der Waals surface area contributed by atoms with Crippen molar-refractivity contribution < 1.29 is 22.7 Å². The van der Waals surface area contributed by atoms with E-state index in [2.05, 4.69) is 4.99 Å². The molecule has 1 aromatic heterocycles. The Morgan fingerprint density at radius 1 is 1.16 bits per heavy atom. The molecule has 0 saturated heterocycles. The van der Waals surface area contributed by atoms with Crippen LogP contribution in [0.4, 0.5) is 0 Å². The molecular weight excluding hydrogens is 468 g/mol. The lowest BCUT2D eigenvalue weighted by molar-refractivity contribution is -0.141. The van der Waals surface area contributed by atoms with E-state index in [0.29, 0.717) is 4.80 Å². The lowest BCUT2D eigenvalue weighted by Crippen LogP contribution is -2.22. The molecule has 1 amide bonds. The minimum Gasteiger partial charge on any atom is -0.468 e. The number of benzene rings is 2. The van der Waals surface area contributed by atoms with Gasteiger partial charge in [-0.3, -0.25) is 9.59 Å². The van der Waals surface area contributed by atoms with Crippen LogP contribution in [0.25, 0.3) is 10.2 Å². The molecule has 1 heterocycles. The van der Waals surface area contributed by atoms with Crippen LogP contribution in [0.2, 0.25) is 0 Å². The predicted molar refractivity (Wildman–Crippen MR) is 127 cm³/mol. The smallest absolute Gasteiger partial charge is 0.325 e. The van der Waals surface area contributed by atoms with Crippen molar-refractivity contribution in [1.82, 2.24) is 4.57 Å². The molecule has 0 radical (unpaired) electrons. The number of thiazole rings is 1. The van der Waals surface area contributed by atoms with Gasteiger partial charge in [0.05, 0.1) is 28.0 Å². The molecule has 3 rings (SSSR count). The SMILES string of the molecule is COC(=O)Cn1c(=NC(=O)CCCS(=O)(=O)c2ccc(C)cc2)sc2cc(SC)ccc21. The second kappa shape index (κ2) is 10.5. The lowest BCUT2D eigenvalue weighted by Gasteiger charge is -2.05. The number of ether oxygens (including phenoxy) is 1. The third-order valence-electron chi connectivity index (χ3n) is 4.81. The van der Waals surface area contributed by atoms with E-state index in [0.717, 1.165) is 20.7 Å². The van der Waals surface area contributed by atoms with E-state index in [9.17, 15) is 18.0 Å². The Balaban J connectivity index is 1.79. The van der Waals surface area contributed by atoms with Crippen LogP contribution < -0.4 is 4.80 Å². The van der Waals surface area contributed by atoms with Gasteiger partial charge in [-0.05, 0) is 49.9 Å². The van der Waals surface area contributed by atoms with Crippen LogP contribution in [-0.2, 0) is 30.7 Å². The van der Waals surface area contributed by atoms with Gasteiger partial charge in [0.1, 0.15) is 6.54 Å². The zero-order valence-electron chi connectivity index (χ0n) is 18.0. The second-order valence-corrected chi connectivity index (χ2v) is 11.1. The van der Waals surface area contributed by atoms with Gasteiger partial charge in [0, 0.05) is 11.3 Å². The summed E-state index contributed by atoms with van der Waals surface area (Å²) < 4.78 is 32.3. The summed E-state index contributed by atoms with van der Waals surface area (Å²) in [6.07, 6.45) is 2.13. The number of aryl methyl sites for hydroxylation is 1. The normalized spacial score (nSPS) is 12.3. The number of fused-ring (bicyclic) bond motifs is 1. The summed E-state index contributed by atoms with van der Waals surface area (Å²) in [7, 11) is -2.16. The highest BCUT2D eigenvalue weighted by molar-refractivity contribution is 7.98. The molecule has 2 aromatic carbocycles.